The van der Waals surface area contributed by atoms with Crippen LogP contribution in [0.1, 0.15) is 11.1 Å². The Morgan fingerprint density at radius 1 is 1.17 bits per heavy atom. The highest BCUT2D eigenvalue weighted by atomic mass is 79.9. The topological polar surface area (TPSA) is 27.0 Å². The molecule has 2 aromatic carbocycles. The van der Waals surface area contributed by atoms with E-state index in [1.807, 2.05) is 43.4 Å². The number of benzene rings is 2. The summed E-state index contributed by atoms with van der Waals surface area (Å²) >= 11 is 3.38. The lowest BCUT2D eigenvalue weighted by atomic mass is 10.1. The van der Waals surface area contributed by atoms with Gasteiger partial charge in [0.2, 0.25) is 0 Å². The predicted molar refractivity (Wildman–Crippen MR) is 77.4 cm³/mol. The van der Waals surface area contributed by atoms with Gasteiger partial charge in [-0.25, -0.2) is 0 Å². The summed E-state index contributed by atoms with van der Waals surface area (Å²) in [6.45, 7) is 0.789. The normalized spacial score (nSPS) is 9.83. The molecule has 0 fully saturated rings. The fraction of sp³-hybridized carbons (Fsp3) is 0.133. The van der Waals surface area contributed by atoms with Gasteiger partial charge in [-0.3, -0.25) is 0 Å². The SMILES string of the molecule is CN(Cc1ccccc1)c1ccc(Br)cc1C#N. The Balaban J connectivity index is 2.24. The Labute approximate surface area is 116 Å². The van der Waals surface area contributed by atoms with Crippen LogP contribution in [0.5, 0.6) is 0 Å². The predicted octanol–water partition coefficient (Wildman–Crippen LogP) is 3.96. The highest BCUT2D eigenvalue weighted by Gasteiger charge is 2.08. The third-order valence-corrected chi connectivity index (χ3v) is 3.25. The lowest BCUT2D eigenvalue weighted by Gasteiger charge is -2.20. The van der Waals surface area contributed by atoms with Gasteiger partial charge in [-0.1, -0.05) is 46.3 Å². The summed E-state index contributed by atoms with van der Waals surface area (Å²) in [7, 11) is 2.00. The highest BCUT2D eigenvalue weighted by Crippen LogP contribution is 2.24. The second-order valence-electron chi connectivity index (χ2n) is 4.11. The zero-order chi connectivity index (χ0) is 13.0. The van der Waals surface area contributed by atoms with Crippen molar-refractivity contribution < 1.29 is 0 Å². The van der Waals surface area contributed by atoms with Crippen LogP contribution in [0.4, 0.5) is 5.69 Å². The molecule has 18 heavy (non-hydrogen) atoms. The van der Waals surface area contributed by atoms with Crippen LogP contribution in [0.3, 0.4) is 0 Å². The van der Waals surface area contributed by atoms with Crippen molar-refractivity contribution in [1.29, 1.82) is 5.26 Å². The van der Waals surface area contributed by atoms with E-state index in [-0.39, 0.29) is 0 Å². The summed E-state index contributed by atoms with van der Waals surface area (Å²) in [6, 6.07) is 18.2. The molecule has 2 rings (SSSR count). The molecule has 90 valence electrons. The maximum absolute atomic E-state index is 9.16. The highest BCUT2D eigenvalue weighted by molar-refractivity contribution is 9.10. The van der Waals surface area contributed by atoms with Crippen LogP contribution >= 0.6 is 15.9 Å². The Morgan fingerprint density at radius 2 is 1.89 bits per heavy atom. The summed E-state index contributed by atoms with van der Waals surface area (Å²) in [5, 5.41) is 9.16. The Morgan fingerprint density at radius 3 is 2.56 bits per heavy atom. The third-order valence-electron chi connectivity index (χ3n) is 2.75. The Kier molecular flexibility index (Phi) is 4.01. The monoisotopic (exact) mass is 300 g/mol. The molecule has 0 spiro atoms. The van der Waals surface area contributed by atoms with E-state index in [9.17, 15) is 0 Å². The van der Waals surface area contributed by atoms with E-state index in [0.717, 1.165) is 16.7 Å². The Bertz CT molecular complexity index is 573. The quantitative estimate of drug-likeness (QED) is 0.858. The molecule has 0 aliphatic heterocycles. The second-order valence-corrected chi connectivity index (χ2v) is 5.03. The van der Waals surface area contributed by atoms with Crippen molar-refractivity contribution in [3.8, 4) is 6.07 Å². The molecule has 0 saturated carbocycles. The average Bonchev–Trinajstić information content (AvgIpc) is 2.39. The van der Waals surface area contributed by atoms with Crippen molar-refractivity contribution in [2.45, 2.75) is 6.54 Å². The molecule has 0 aromatic heterocycles. The second kappa shape index (κ2) is 5.70. The molecule has 0 aliphatic carbocycles. The van der Waals surface area contributed by atoms with Crippen LogP contribution in [0, 0.1) is 11.3 Å². The van der Waals surface area contributed by atoms with E-state index in [4.69, 9.17) is 5.26 Å². The van der Waals surface area contributed by atoms with Gasteiger partial charge in [-0.05, 0) is 23.8 Å². The van der Waals surface area contributed by atoms with Crippen LogP contribution < -0.4 is 4.90 Å². The van der Waals surface area contributed by atoms with E-state index in [2.05, 4.69) is 39.0 Å². The number of hydrogen-bond acceptors (Lipinski definition) is 2. The fourth-order valence-corrected chi connectivity index (χ4v) is 2.23. The smallest absolute Gasteiger partial charge is 0.101 e. The van der Waals surface area contributed by atoms with Crippen molar-refractivity contribution in [1.82, 2.24) is 0 Å². The number of rotatable bonds is 3. The number of halogens is 1. The maximum atomic E-state index is 9.16. The third kappa shape index (κ3) is 2.91. The van der Waals surface area contributed by atoms with Crippen molar-refractivity contribution in [2.75, 3.05) is 11.9 Å². The van der Waals surface area contributed by atoms with Gasteiger partial charge in [-0.2, -0.15) is 5.26 Å². The lowest BCUT2D eigenvalue weighted by Crippen LogP contribution is -2.17. The first-order chi connectivity index (χ1) is 8.70. The van der Waals surface area contributed by atoms with Gasteiger partial charge in [-0.15, -0.1) is 0 Å². The molecule has 0 unspecified atom stereocenters. The minimum absolute atomic E-state index is 0.683. The van der Waals surface area contributed by atoms with E-state index < -0.39 is 0 Å². The van der Waals surface area contributed by atoms with Crippen LogP contribution in [0.15, 0.2) is 53.0 Å². The molecule has 0 amide bonds. The lowest BCUT2D eigenvalue weighted by molar-refractivity contribution is 0.920. The van der Waals surface area contributed by atoms with Gasteiger partial charge in [0, 0.05) is 18.1 Å². The van der Waals surface area contributed by atoms with E-state index in [1.165, 1.54) is 5.56 Å². The summed E-state index contributed by atoms with van der Waals surface area (Å²) in [5.74, 6) is 0. The molecule has 2 nitrogen and oxygen atoms in total. The molecule has 2 aromatic rings. The molecule has 0 atom stereocenters. The number of anilines is 1. The average molecular weight is 301 g/mol. The summed E-state index contributed by atoms with van der Waals surface area (Å²) < 4.78 is 0.927. The van der Waals surface area contributed by atoms with Gasteiger partial charge in [0.05, 0.1) is 11.3 Å². The van der Waals surface area contributed by atoms with E-state index in [0.29, 0.717) is 5.56 Å². The largest absolute Gasteiger partial charge is 0.369 e. The first-order valence-electron chi connectivity index (χ1n) is 5.65. The Hall–Kier alpha value is -1.79. The van der Waals surface area contributed by atoms with Gasteiger partial charge < -0.3 is 4.90 Å². The summed E-state index contributed by atoms with van der Waals surface area (Å²) in [4.78, 5) is 2.08. The number of nitriles is 1. The fourth-order valence-electron chi connectivity index (χ4n) is 1.87. The molecular weight excluding hydrogens is 288 g/mol. The summed E-state index contributed by atoms with van der Waals surface area (Å²) in [5.41, 5.74) is 2.86. The van der Waals surface area contributed by atoms with Crippen molar-refractivity contribution in [3.05, 3.63) is 64.1 Å². The molecule has 0 bridgehead atoms. The van der Waals surface area contributed by atoms with Crippen molar-refractivity contribution in [2.24, 2.45) is 0 Å². The molecule has 0 heterocycles. The zero-order valence-electron chi connectivity index (χ0n) is 10.1. The van der Waals surface area contributed by atoms with Crippen molar-refractivity contribution >= 4 is 21.6 Å². The molecule has 0 saturated heterocycles. The summed E-state index contributed by atoms with van der Waals surface area (Å²) in [6.07, 6.45) is 0. The first kappa shape index (κ1) is 12.7. The van der Waals surface area contributed by atoms with Crippen LogP contribution in [0.25, 0.3) is 0 Å². The zero-order valence-corrected chi connectivity index (χ0v) is 11.7. The first-order valence-corrected chi connectivity index (χ1v) is 6.44. The van der Waals surface area contributed by atoms with Gasteiger partial charge >= 0.3 is 0 Å². The van der Waals surface area contributed by atoms with Crippen molar-refractivity contribution in [3.63, 3.8) is 0 Å². The maximum Gasteiger partial charge on any atom is 0.101 e. The molecule has 0 radical (unpaired) electrons. The van der Waals surface area contributed by atoms with Crippen LogP contribution in [-0.2, 0) is 6.54 Å². The van der Waals surface area contributed by atoms with E-state index >= 15 is 0 Å². The molecule has 0 aliphatic rings. The minimum Gasteiger partial charge on any atom is -0.369 e. The van der Waals surface area contributed by atoms with Crippen LogP contribution in [0.2, 0.25) is 0 Å². The van der Waals surface area contributed by atoms with Gasteiger partial charge in [0.25, 0.3) is 0 Å². The molecular formula is C15H13BrN2. The number of nitrogens with zero attached hydrogens (tertiary/aromatic N) is 2. The van der Waals surface area contributed by atoms with E-state index in [1.54, 1.807) is 0 Å². The van der Waals surface area contributed by atoms with Gasteiger partial charge in [0.1, 0.15) is 6.07 Å². The molecule has 0 N–H and O–H groups in total. The van der Waals surface area contributed by atoms with Gasteiger partial charge in [0.15, 0.2) is 0 Å². The molecule has 3 heteroatoms. The van der Waals surface area contributed by atoms with Crippen LogP contribution in [-0.4, -0.2) is 7.05 Å². The number of hydrogen-bond donors (Lipinski definition) is 0. The standard InChI is InChI=1S/C15H13BrN2/c1-18(11-12-5-3-2-4-6-12)15-8-7-14(16)9-13(15)10-17/h2-9H,11H2,1H3. The minimum atomic E-state index is 0.683.